The number of hydrogen-bond donors (Lipinski definition) is 2. The first-order valence-electron chi connectivity index (χ1n) is 6.78. The minimum atomic E-state index is -4.22. The van der Waals surface area contributed by atoms with Gasteiger partial charge in [0, 0.05) is 15.7 Å². The summed E-state index contributed by atoms with van der Waals surface area (Å²) in [6, 6.07) is 11.0. The monoisotopic (exact) mass is 476 g/mol. The summed E-state index contributed by atoms with van der Waals surface area (Å²) in [5, 5.41) is 10.9. The SMILES string of the molecule is NNC(=O)CN(c1ccc(I)cc1)S(=O)(=O)c1cccc([N+](=O)[O-])c1. The molecule has 0 aliphatic carbocycles. The summed E-state index contributed by atoms with van der Waals surface area (Å²) in [6.45, 7) is -0.567. The Labute approximate surface area is 157 Å². The highest BCUT2D eigenvalue weighted by atomic mass is 127. The Kier molecular flexibility index (Phi) is 5.92. The molecule has 0 atom stereocenters. The second kappa shape index (κ2) is 7.76. The lowest BCUT2D eigenvalue weighted by Crippen LogP contribution is -2.43. The average molecular weight is 476 g/mol. The van der Waals surface area contributed by atoms with E-state index >= 15 is 0 Å². The van der Waals surface area contributed by atoms with Gasteiger partial charge in [-0.15, -0.1) is 0 Å². The molecule has 0 spiro atoms. The Morgan fingerprint density at radius 2 is 1.88 bits per heavy atom. The summed E-state index contributed by atoms with van der Waals surface area (Å²) in [4.78, 5) is 21.6. The van der Waals surface area contributed by atoms with Crippen molar-refractivity contribution in [2.75, 3.05) is 10.8 Å². The number of benzene rings is 2. The number of anilines is 1. The molecule has 0 aliphatic rings. The lowest BCUT2D eigenvalue weighted by molar-refractivity contribution is -0.385. The summed E-state index contributed by atoms with van der Waals surface area (Å²) in [5.74, 6) is 4.33. The van der Waals surface area contributed by atoms with Gasteiger partial charge in [-0.1, -0.05) is 6.07 Å². The van der Waals surface area contributed by atoms with Gasteiger partial charge in [-0.25, -0.2) is 14.3 Å². The molecule has 0 aromatic heterocycles. The molecular weight excluding hydrogens is 463 g/mol. The number of amides is 1. The molecule has 0 saturated heterocycles. The van der Waals surface area contributed by atoms with E-state index in [1.807, 2.05) is 5.43 Å². The minimum absolute atomic E-state index is 0.232. The van der Waals surface area contributed by atoms with E-state index in [9.17, 15) is 23.3 Å². The zero-order valence-electron chi connectivity index (χ0n) is 12.6. The van der Waals surface area contributed by atoms with E-state index < -0.39 is 27.4 Å². The Morgan fingerprint density at radius 1 is 1.24 bits per heavy atom. The highest BCUT2D eigenvalue weighted by molar-refractivity contribution is 14.1. The lowest BCUT2D eigenvalue weighted by atomic mass is 10.3. The zero-order chi connectivity index (χ0) is 18.6. The third kappa shape index (κ3) is 4.43. The average Bonchev–Trinajstić information content (AvgIpc) is 2.60. The van der Waals surface area contributed by atoms with Gasteiger partial charge in [-0.3, -0.25) is 24.6 Å². The zero-order valence-corrected chi connectivity index (χ0v) is 15.6. The van der Waals surface area contributed by atoms with Crippen molar-refractivity contribution in [3.63, 3.8) is 0 Å². The number of nitro groups is 1. The van der Waals surface area contributed by atoms with E-state index in [0.29, 0.717) is 0 Å². The van der Waals surface area contributed by atoms with E-state index in [2.05, 4.69) is 22.6 Å². The highest BCUT2D eigenvalue weighted by Gasteiger charge is 2.28. The van der Waals surface area contributed by atoms with E-state index in [1.54, 1.807) is 12.1 Å². The van der Waals surface area contributed by atoms with Crippen LogP contribution in [-0.2, 0) is 14.8 Å². The number of nitrogens with two attached hydrogens (primary N) is 1. The van der Waals surface area contributed by atoms with Crippen LogP contribution >= 0.6 is 22.6 Å². The van der Waals surface area contributed by atoms with Gasteiger partial charge in [0.05, 0.1) is 15.5 Å². The number of sulfonamides is 1. The first-order chi connectivity index (χ1) is 11.8. The van der Waals surface area contributed by atoms with E-state index in [-0.39, 0.29) is 16.3 Å². The Bertz CT molecular complexity index is 902. The maximum Gasteiger partial charge on any atom is 0.270 e. The summed E-state index contributed by atoms with van der Waals surface area (Å²) in [5.41, 5.74) is 1.74. The first-order valence-corrected chi connectivity index (χ1v) is 9.30. The molecule has 0 heterocycles. The van der Waals surface area contributed by atoms with Crippen molar-refractivity contribution in [2.45, 2.75) is 4.90 Å². The number of halogens is 1. The second-order valence-electron chi connectivity index (χ2n) is 4.81. The molecule has 0 aliphatic heterocycles. The van der Waals surface area contributed by atoms with Crippen molar-refractivity contribution in [3.8, 4) is 0 Å². The number of carbonyl (C=O) groups is 1. The number of hydrogen-bond acceptors (Lipinski definition) is 6. The standard InChI is InChI=1S/C14H13IN4O5S/c15-10-4-6-11(7-5-10)18(9-14(20)17-16)25(23,24)13-3-1-2-12(8-13)19(21)22/h1-8H,9,16H2,(H,17,20). The molecule has 2 aromatic carbocycles. The van der Waals surface area contributed by atoms with Crippen molar-refractivity contribution in [1.29, 1.82) is 0 Å². The van der Waals surface area contributed by atoms with Crippen LogP contribution in [0.25, 0.3) is 0 Å². The van der Waals surface area contributed by atoms with Crippen LogP contribution in [0.3, 0.4) is 0 Å². The molecule has 0 saturated carbocycles. The van der Waals surface area contributed by atoms with Crippen LogP contribution in [0.15, 0.2) is 53.4 Å². The van der Waals surface area contributed by atoms with Crippen LogP contribution in [0.1, 0.15) is 0 Å². The van der Waals surface area contributed by atoms with Crippen LogP contribution in [-0.4, -0.2) is 25.8 Å². The van der Waals surface area contributed by atoms with Gasteiger partial charge >= 0.3 is 0 Å². The quantitative estimate of drug-likeness (QED) is 0.213. The van der Waals surface area contributed by atoms with Crippen LogP contribution in [0.5, 0.6) is 0 Å². The predicted molar refractivity (Wildman–Crippen MR) is 99.1 cm³/mol. The molecule has 2 rings (SSSR count). The van der Waals surface area contributed by atoms with Gasteiger partial charge in [-0.05, 0) is 52.9 Å². The van der Waals surface area contributed by atoms with Crippen molar-refractivity contribution in [2.24, 2.45) is 5.84 Å². The van der Waals surface area contributed by atoms with Gasteiger partial charge < -0.3 is 0 Å². The molecule has 9 nitrogen and oxygen atoms in total. The van der Waals surface area contributed by atoms with Crippen LogP contribution in [0.4, 0.5) is 11.4 Å². The number of nitro benzene ring substituents is 1. The number of carbonyl (C=O) groups excluding carboxylic acids is 1. The number of non-ortho nitro benzene ring substituents is 1. The van der Waals surface area contributed by atoms with Gasteiger partial charge in [-0.2, -0.15) is 0 Å². The van der Waals surface area contributed by atoms with Gasteiger partial charge in [0.1, 0.15) is 6.54 Å². The molecule has 0 fully saturated rings. The molecule has 11 heteroatoms. The fraction of sp³-hybridized carbons (Fsp3) is 0.0714. The van der Waals surface area contributed by atoms with Crippen LogP contribution < -0.4 is 15.6 Å². The Morgan fingerprint density at radius 3 is 2.44 bits per heavy atom. The molecular formula is C14H13IN4O5S. The van der Waals surface area contributed by atoms with Crippen molar-refractivity contribution in [1.82, 2.24) is 5.43 Å². The summed E-state index contributed by atoms with van der Waals surface area (Å²) >= 11 is 2.05. The molecule has 3 N–H and O–H groups in total. The van der Waals surface area contributed by atoms with Crippen LogP contribution in [0.2, 0.25) is 0 Å². The van der Waals surface area contributed by atoms with E-state index in [0.717, 1.165) is 13.9 Å². The van der Waals surface area contributed by atoms with E-state index in [4.69, 9.17) is 5.84 Å². The fourth-order valence-electron chi connectivity index (χ4n) is 1.98. The third-order valence-electron chi connectivity index (χ3n) is 3.18. The topological polar surface area (TPSA) is 136 Å². The molecule has 25 heavy (non-hydrogen) atoms. The Balaban J connectivity index is 2.54. The van der Waals surface area contributed by atoms with E-state index in [1.165, 1.54) is 30.3 Å². The van der Waals surface area contributed by atoms with Crippen molar-refractivity contribution < 1.29 is 18.1 Å². The molecule has 0 bridgehead atoms. The van der Waals surface area contributed by atoms with Gasteiger partial charge in [0.25, 0.3) is 21.6 Å². The number of nitrogens with one attached hydrogen (secondary N) is 1. The predicted octanol–water partition coefficient (Wildman–Crippen LogP) is 1.38. The number of rotatable bonds is 6. The largest absolute Gasteiger partial charge is 0.293 e. The molecule has 1 amide bonds. The normalized spacial score (nSPS) is 11.0. The fourth-order valence-corrected chi connectivity index (χ4v) is 3.80. The summed E-state index contributed by atoms with van der Waals surface area (Å²) in [6.07, 6.45) is 0. The number of nitrogens with zero attached hydrogens (tertiary/aromatic N) is 2. The smallest absolute Gasteiger partial charge is 0.270 e. The maximum atomic E-state index is 12.9. The maximum absolute atomic E-state index is 12.9. The number of hydrazine groups is 1. The molecule has 0 unspecified atom stereocenters. The van der Waals surface area contributed by atoms with Crippen LogP contribution in [0, 0.1) is 13.7 Å². The molecule has 0 radical (unpaired) electrons. The Hall–Kier alpha value is -2.25. The summed E-state index contributed by atoms with van der Waals surface area (Å²) < 4.78 is 27.6. The second-order valence-corrected chi connectivity index (χ2v) is 7.92. The van der Waals surface area contributed by atoms with Gasteiger partial charge in [0.2, 0.25) is 0 Å². The van der Waals surface area contributed by atoms with Crippen molar-refractivity contribution in [3.05, 3.63) is 62.2 Å². The van der Waals surface area contributed by atoms with Crippen molar-refractivity contribution >= 4 is 49.9 Å². The molecule has 132 valence electrons. The summed E-state index contributed by atoms with van der Waals surface area (Å²) in [7, 11) is -4.22. The highest BCUT2D eigenvalue weighted by Crippen LogP contribution is 2.26. The lowest BCUT2D eigenvalue weighted by Gasteiger charge is -2.23. The first kappa shape index (κ1) is 19.1. The minimum Gasteiger partial charge on any atom is -0.293 e. The van der Waals surface area contributed by atoms with Gasteiger partial charge in [0.15, 0.2) is 0 Å². The third-order valence-corrected chi connectivity index (χ3v) is 5.67. The molecule has 2 aromatic rings.